The molecule has 1 aromatic carbocycles. The molecule has 4 aliphatic rings. The van der Waals surface area contributed by atoms with Crippen molar-refractivity contribution in [2.45, 2.75) is 144 Å². The Kier molecular flexibility index (Phi) is 13.1. The number of phenolic OH excluding ortho intramolecular Hbond substituents is 2. The highest BCUT2D eigenvalue weighted by Crippen LogP contribution is 2.52. The van der Waals surface area contributed by atoms with Gasteiger partial charge < -0.3 is 19.7 Å². The van der Waals surface area contributed by atoms with E-state index in [2.05, 4.69) is 45.9 Å². The zero-order chi connectivity index (χ0) is 34.4. The van der Waals surface area contributed by atoms with Crippen LogP contribution in [0.3, 0.4) is 0 Å². The first-order valence-electron chi connectivity index (χ1n) is 19.7. The van der Waals surface area contributed by atoms with Gasteiger partial charge >= 0.3 is 0 Å². The predicted molar refractivity (Wildman–Crippen MR) is 200 cm³/mol. The monoisotopic (exact) mass is 661 g/mol. The molecule has 0 radical (unpaired) electrons. The molecule has 0 spiro atoms. The molecule has 0 heterocycles. The molecule has 1 aromatic rings. The van der Waals surface area contributed by atoms with E-state index in [4.69, 9.17) is 9.47 Å². The lowest BCUT2D eigenvalue weighted by molar-refractivity contribution is 0.313. The summed E-state index contributed by atoms with van der Waals surface area (Å²) < 4.78 is 10.6. The number of aromatic hydroxyl groups is 2. The Hall–Kier alpha value is -2.36. The van der Waals surface area contributed by atoms with Gasteiger partial charge in [0.1, 0.15) is 0 Å². The van der Waals surface area contributed by atoms with Crippen LogP contribution in [0, 0.1) is 54.3 Å². The molecule has 48 heavy (non-hydrogen) atoms. The minimum atomic E-state index is 0.0641. The van der Waals surface area contributed by atoms with Crippen molar-refractivity contribution in [1.82, 2.24) is 0 Å². The quantitative estimate of drug-likeness (QED) is 0.0960. The van der Waals surface area contributed by atoms with Crippen molar-refractivity contribution in [1.29, 1.82) is 0 Å². The molecule has 4 heteroatoms. The van der Waals surface area contributed by atoms with Gasteiger partial charge in [-0.05, 0) is 191 Å². The number of phenols is 2. The fourth-order valence-corrected chi connectivity index (χ4v) is 8.74. The molecule has 0 saturated heterocycles. The summed E-state index contributed by atoms with van der Waals surface area (Å²) in [6.07, 6.45) is 30.0. The molecule has 8 atom stereocenters. The second-order valence-corrected chi connectivity index (χ2v) is 16.9. The average molecular weight is 661 g/mol. The third-order valence-electron chi connectivity index (χ3n) is 12.7. The largest absolute Gasteiger partial charge is 0.504 e. The Balaban J connectivity index is 0.874. The molecule has 2 N–H and O–H groups in total. The van der Waals surface area contributed by atoms with E-state index in [1.807, 2.05) is 6.92 Å². The van der Waals surface area contributed by atoms with E-state index >= 15 is 0 Å². The minimum Gasteiger partial charge on any atom is -0.504 e. The predicted octanol–water partition coefficient (Wildman–Crippen LogP) is 12.1. The molecule has 0 unspecified atom stereocenters. The molecule has 5 rings (SSSR count). The second kappa shape index (κ2) is 17.0. The molecule has 4 aliphatic carbocycles. The van der Waals surface area contributed by atoms with Gasteiger partial charge in [-0.1, -0.05) is 34.9 Å². The number of benzene rings is 1. The topological polar surface area (TPSA) is 58.9 Å². The SMILES string of the molecule is COc1c(O)c(C)c(CC[C@@H]2C[C@H]2C/C=C(\C)CCC[C@@H]2C[C@H]2CC[C@@H]2C[C@H]2C/C=C(\C)CCC[C@@H]2C[C@H]2CC=C(C)C)c(O)c1OC. The summed E-state index contributed by atoms with van der Waals surface area (Å²) >= 11 is 0. The zero-order valence-corrected chi connectivity index (χ0v) is 31.6. The number of ether oxygens (including phenoxy) is 2. The maximum atomic E-state index is 10.8. The third kappa shape index (κ3) is 10.6. The van der Waals surface area contributed by atoms with Crippen LogP contribution in [0.25, 0.3) is 0 Å². The van der Waals surface area contributed by atoms with Gasteiger partial charge in [0.05, 0.1) is 14.2 Å². The second-order valence-electron chi connectivity index (χ2n) is 16.9. The van der Waals surface area contributed by atoms with E-state index in [0.29, 0.717) is 11.5 Å². The van der Waals surface area contributed by atoms with Gasteiger partial charge in [-0.2, -0.15) is 0 Å². The van der Waals surface area contributed by atoms with Crippen LogP contribution in [0.2, 0.25) is 0 Å². The fraction of sp³-hybridized carbons (Fsp3) is 0.727. The molecule has 0 bridgehead atoms. The summed E-state index contributed by atoms with van der Waals surface area (Å²) in [5, 5.41) is 21.3. The number of hydrogen-bond acceptors (Lipinski definition) is 4. The number of rotatable bonds is 22. The summed E-state index contributed by atoms with van der Waals surface area (Å²) in [5.41, 5.74) is 6.16. The van der Waals surface area contributed by atoms with Crippen molar-refractivity contribution in [3.63, 3.8) is 0 Å². The lowest BCUT2D eigenvalue weighted by Crippen LogP contribution is -1.99. The lowest BCUT2D eigenvalue weighted by Gasteiger charge is -2.17. The Morgan fingerprint density at radius 3 is 1.52 bits per heavy atom. The summed E-state index contributed by atoms with van der Waals surface area (Å²) in [6.45, 7) is 11.0. The third-order valence-corrected chi connectivity index (χ3v) is 12.7. The van der Waals surface area contributed by atoms with E-state index < -0.39 is 0 Å². The van der Waals surface area contributed by atoms with E-state index in [1.54, 1.807) is 11.1 Å². The Morgan fingerprint density at radius 2 is 1.00 bits per heavy atom. The van der Waals surface area contributed by atoms with Crippen LogP contribution in [0.5, 0.6) is 23.0 Å². The standard InChI is InChI=1S/C44H68O4/c1-28(2)14-17-34-24-32(34)12-8-10-29(3)15-18-35-26-38(35)21-20-37-25-33(37)13-9-11-30(4)16-19-36-27-39(36)22-23-40-31(5)41(45)43(47-6)44(48-7)42(40)46/h14-16,32-39,45-46H,8-13,17-27H2,1-7H3/b29-15+,30-16+/t32-,33-,34-,35-,36-,37-,38-,39-/m1/s1. The van der Waals surface area contributed by atoms with Crippen molar-refractivity contribution in [3.8, 4) is 23.0 Å². The van der Waals surface area contributed by atoms with E-state index in [0.717, 1.165) is 59.8 Å². The normalized spacial score (nSPS) is 29.1. The molecule has 0 aliphatic heterocycles. The van der Waals surface area contributed by atoms with Crippen molar-refractivity contribution >= 4 is 0 Å². The summed E-state index contributed by atoms with van der Waals surface area (Å²) in [6, 6.07) is 0. The molecule has 268 valence electrons. The van der Waals surface area contributed by atoms with Crippen molar-refractivity contribution < 1.29 is 19.7 Å². The summed E-state index contributed by atoms with van der Waals surface area (Å²) in [4.78, 5) is 0. The lowest BCUT2D eigenvalue weighted by atomic mass is 9.98. The van der Waals surface area contributed by atoms with Crippen LogP contribution < -0.4 is 9.47 Å². The summed E-state index contributed by atoms with van der Waals surface area (Å²) in [7, 11) is 2.97. The fourth-order valence-electron chi connectivity index (χ4n) is 8.74. The van der Waals surface area contributed by atoms with Gasteiger partial charge in [0.2, 0.25) is 11.5 Å². The summed E-state index contributed by atoms with van der Waals surface area (Å²) in [5.74, 6) is 8.11. The van der Waals surface area contributed by atoms with Crippen molar-refractivity contribution in [2.75, 3.05) is 14.2 Å². The van der Waals surface area contributed by atoms with Crippen LogP contribution in [0.1, 0.15) is 142 Å². The highest BCUT2D eigenvalue weighted by atomic mass is 16.5. The first kappa shape index (κ1) is 36.9. The number of hydrogen-bond donors (Lipinski definition) is 2. The molecule has 0 aromatic heterocycles. The van der Waals surface area contributed by atoms with Crippen molar-refractivity contribution in [3.05, 3.63) is 46.1 Å². The van der Waals surface area contributed by atoms with Gasteiger partial charge in [-0.3, -0.25) is 0 Å². The number of allylic oxidation sites excluding steroid dienone is 6. The highest BCUT2D eigenvalue weighted by molar-refractivity contribution is 5.65. The van der Waals surface area contributed by atoms with Crippen LogP contribution in [0.15, 0.2) is 34.9 Å². The molecule has 0 amide bonds. The first-order valence-corrected chi connectivity index (χ1v) is 19.7. The number of methoxy groups -OCH3 is 2. The minimum absolute atomic E-state index is 0.0641. The van der Waals surface area contributed by atoms with E-state index in [-0.39, 0.29) is 23.0 Å². The van der Waals surface area contributed by atoms with Crippen LogP contribution in [-0.2, 0) is 6.42 Å². The first-order chi connectivity index (χ1) is 23.1. The van der Waals surface area contributed by atoms with E-state index in [9.17, 15) is 10.2 Å². The molecule has 4 saturated carbocycles. The Labute approximate surface area is 293 Å². The van der Waals surface area contributed by atoms with Crippen LogP contribution >= 0.6 is 0 Å². The molecular weight excluding hydrogens is 592 g/mol. The molecule has 4 nitrogen and oxygen atoms in total. The van der Waals surface area contributed by atoms with Gasteiger partial charge in [0.25, 0.3) is 0 Å². The van der Waals surface area contributed by atoms with Gasteiger partial charge in [0, 0.05) is 11.1 Å². The maximum absolute atomic E-state index is 10.8. The highest BCUT2D eigenvalue weighted by Gasteiger charge is 2.41. The molecule has 4 fully saturated rings. The van der Waals surface area contributed by atoms with Gasteiger partial charge in [0.15, 0.2) is 11.5 Å². The van der Waals surface area contributed by atoms with Crippen LogP contribution in [0.4, 0.5) is 0 Å². The van der Waals surface area contributed by atoms with E-state index in [1.165, 1.54) is 116 Å². The average Bonchev–Trinajstić information content (AvgIpc) is 3.88. The van der Waals surface area contributed by atoms with Crippen LogP contribution in [-0.4, -0.2) is 24.4 Å². The van der Waals surface area contributed by atoms with Crippen molar-refractivity contribution in [2.24, 2.45) is 47.3 Å². The maximum Gasteiger partial charge on any atom is 0.207 e. The molecular formula is C44H68O4. The Morgan fingerprint density at radius 1 is 0.583 bits per heavy atom. The van der Waals surface area contributed by atoms with Gasteiger partial charge in [-0.25, -0.2) is 0 Å². The van der Waals surface area contributed by atoms with Gasteiger partial charge in [-0.15, -0.1) is 0 Å². The Bertz CT molecular complexity index is 1320. The zero-order valence-electron chi connectivity index (χ0n) is 31.6. The smallest absolute Gasteiger partial charge is 0.207 e.